The van der Waals surface area contributed by atoms with Crippen molar-refractivity contribution in [3.63, 3.8) is 0 Å². The normalized spacial score (nSPS) is 15.9. The van der Waals surface area contributed by atoms with E-state index in [9.17, 15) is 0 Å². The van der Waals surface area contributed by atoms with Gasteiger partial charge in [0.2, 0.25) is 0 Å². The predicted molar refractivity (Wildman–Crippen MR) is 159 cm³/mol. The van der Waals surface area contributed by atoms with Gasteiger partial charge in [0.15, 0.2) is 37.9 Å². The predicted octanol–water partition coefficient (Wildman–Crippen LogP) is 5.93. The summed E-state index contributed by atoms with van der Waals surface area (Å²) in [6, 6.07) is 27.3. The highest BCUT2D eigenvalue weighted by Crippen LogP contribution is 2.19. The Balaban J connectivity index is 1.00. The summed E-state index contributed by atoms with van der Waals surface area (Å²) >= 11 is 0. The van der Waals surface area contributed by atoms with E-state index in [0.717, 1.165) is 19.5 Å². The minimum absolute atomic E-state index is 0.909. The minimum atomic E-state index is 0.909. The molecule has 4 heteroatoms. The molecule has 0 N–H and O–H groups in total. The molecule has 6 rings (SSSR count). The van der Waals surface area contributed by atoms with Gasteiger partial charge in [0.05, 0.1) is 0 Å². The van der Waals surface area contributed by atoms with Crippen molar-refractivity contribution in [2.24, 2.45) is 0 Å². The summed E-state index contributed by atoms with van der Waals surface area (Å²) in [4.78, 5) is 5.03. The molecule has 200 valence electrons. The van der Waals surface area contributed by atoms with E-state index in [2.05, 4.69) is 117 Å². The smallest absolute Gasteiger partial charge is 0.173 e. The molecule has 0 amide bonds. The molecule has 2 aromatic carbocycles. The van der Waals surface area contributed by atoms with Gasteiger partial charge in [-0.3, -0.25) is 0 Å². The summed E-state index contributed by atoms with van der Waals surface area (Å²) in [5.74, 6) is 0. The first-order valence-corrected chi connectivity index (χ1v) is 14.9. The van der Waals surface area contributed by atoms with Gasteiger partial charge in [-0.15, -0.1) is 0 Å². The van der Waals surface area contributed by atoms with Crippen LogP contribution in [0.3, 0.4) is 0 Å². The van der Waals surface area contributed by atoms with E-state index in [-0.39, 0.29) is 0 Å². The van der Waals surface area contributed by atoms with Crippen LogP contribution < -0.4 is 18.9 Å². The van der Waals surface area contributed by atoms with Crippen molar-refractivity contribution in [2.45, 2.75) is 58.0 Å². The van der Waals surface area contributed by atoms with Crippen molar-refractivity contribution in [3.8, 4) is 0 Å². The highest BCUT2D eigenvalue weighted by molar-refractivity contribution is 5.44. The Labute approximate surface area is 234 Å². The fraction of sp³-hybridized carbons (Fsp3) is 0.371. The Hall–Kier alpha value is -3.66. The lowest BCUT2D eigenvalue weighted by atomic mass is 10.0. The van der Waals surface area contributed by atoms with E-state index in [1.165, 1.54) is 98.3 Å². The number of piperidine rings is 2. The van der Waals surface area contributed by atoms with E-state index in [1.807, 2.05) is 0 Å². The summed E-state index contributed by atoms with van der Waals surface area (Å²) in [6.07, 6.45) is 17.9. The number of hydrogen-bond donors (Lipinski definition) is 0. The van der Waals surface area contributed by atoms with Crippen LogP contribution in [0.25, 0.3) is 0 Å². The molecular formula is C35H42N4+2. The maximum atomic E-state index is 2.52. The standard InChI is InChI=1S/C35H42N4/c1-3-19-38(20-4-1)34-15-23-36(24-16-34)28-32-11-7-30(8-12-32)27-31-9-13-33(14-10-31)29-37-25-17-35(18-26-37)39-21-5-2-6-22-39/h7-18,23-26H,1-6,19-22,27-29H2/q+2. The van der Waals surface area contributed by atoms with E-state index in [0.29, 0.717) is 0 Å². The van der Waals surface area contributed by atoms with Gasteiger partial charge in [-0.05, 0) is 56.1 Å². The molecule has 2 aliphatic heterocycles. The molecule has 4 aromatic rings. The lowest BCUT2D eigenvalue weighted by Gasteiger charge is -2.28. The second-order valence-electron chi connectivity index (χ2n) is 11.4. The monoisotopic (exact) mass is 518 g/mol. The van der Waals surface area contributed by atoms with E-state index < -0.39 is 0 Å². The number of aromatic nitrogens is 2. The third-order valence-electron chi connectivity index (χ3n) is 8.37. The third kappa shape index (κ3) is 6.86. The van der Waals surface area contributed by atoms with Crippen LogP contribution in [0.2, 0.25) is 0 Å². The topological polar surface area (TPSA) is 14.2 Å². The molecule has 2 saturated heterocycles. The summed E-state index contributed by atoms with van der Waals surface area (Å²) in [7, 11) is 0. The number of nitrogens with zero attached hydrogens (tertiary/aromatic N) is 4. The van der Waals surface area contributed by atoms with Crippen LogP contribution in [0, 0.1) is 0 Å². The van der Waals surface area contributed by atoms with Gasteiger partial charge >= 0.3 is 0 Å². The molecule has 0 atom stereocenters. The second kappa shape index (κ2) is 12.5. The molecule has 0 aliphatic carbocycles. The molecule has 0 saturated carbocycles. The van der Waals surface area contributed by atoms with Crippen LogP contribution in [0.15, 0.2) is 97.6 Å². The Bertz CT molecular complexity index is 1190. The Morgan fingerprint density at radius 3 is 1.10 bits per heavy atom. The lowest BCUT2D eigenvalue weighted by molar-refractivity contribution is -0.688. The molecule has 2 aliphatic rings. The van der Waals surface area contributed by atoms with Crippen LogP contribution in [0.5, 0.6) is 0 Å². The molecule has 2 aromatic heterocycles. The molecule has 0 radical (unpaired) electrons. The van der Waals surface area contributed by atoms with Gasteiger partial charge in [-0.1, -0.05) is 48.5 Å². The van der Waals surface area contributed by atoms with Crippen LogP contribution in [0.1, 0.15) is 60.8 Å². The minimum Gasteiger partial charge on any atom is -0.371 e. The highest BCUT2D eigenvalue weighted by atomic mass is 15.1. The van der Waals surface area contributed by atoms with Crippen molar-refractivity contribution < 1.29 is 9.13 Å². The molecule has 0 spiro atoms. The first-order chi connectivity index (χ1) is 19.3. The SMILES string of the molecule is c1cc(C[n+]2ccc(N3CCCCC3)cc2)ccc1Cc1ccc(C[n+]2ccc(N3CCCCC3)cc2)cc1. The number of pyridine rings is 2. The van der Waals surface area contributed by atoms with Gasteiger partial charge in [0, 0.05) is 72.9 Å². The second-order valence-corrected chi connectivity index (χ2v) is 11.4. The van der Waals surface area contributed by atoms with Gasteiger partial charge in [0.25, 0.3) is 0 Å². The van der Waals surface area contributed by atoms with Crippen molar-refractivity contribution in [1.29, 1.82) is 0 Å². The fourth-order valence-corrected chi connectivity index (χ4v) is 6.02. The summed E-state index contributed by atoms with van der Waals surface area (Å²) in [6.45, 7) is 6.59. The van der Waals surface area contributed by atoms with Gasteiger partial charge in [-0.25, -0.2) is 9.13 Å². The van der Waals surface area contributed by atoms with Gasteiger partial charge < -0.3 is 9.80 Å². The third-order valence-corrected chi connectivity index (χ3v) is 8.37. The fourth-order valence-electron chi connectivity index (χ4n) is 6.02. The first kappa shape index (κ1) is 25.6. The first-order valence-electron chi connectivity index (χ1n) is 14.9. The van der Waals surface area contributed by atoms with E-state index in [1.54, 1.807) is 0 Å². The average molecular weight is 519 g/mol. The zero-order chi connectivity index (χ0) is 26.3. The summed E-state index contributed by atoms with van der Waals surface area (Å²) in [5.41, 5.74) is 8.12. The Morgan fingerprint density at radius 1 is 0.410 bits per heavy atom. The van der Waals surface area contributed by atoms with Crippen LogP contribution in [-0.4, -0.2) is 26.2 Å². The van der Waals surface area contributed by atoms with Crippen molar-refractivity contribution in [1.82, 2.24) is 0 Å². The molecule has 39 heavy (non-hydrogen) atoms. The largest absolute Gasteiger partial charge is 0.371 e. The quantitative estimate of drug-likeness (QED) is 0.269. The number of benzene rings is 2. The molecule has 4 nitrogen and oxygen atoms in total. The maximum Gasteiger partial charge on any atom is 0.173 e. The van der Waals surface area contributed by atoms with Crippen LogP contribution >= 0.6 is 0 Å². The average Bonchev–Trinajstić information content (AvgIpc) is 3.01. The highest BCUT2D eigenvalue weighted by Gasteiger charge is 2.14. The van der Waals surface area contributed by atoms with Crippen molar-refractivity contribution in [2.75, 3.05) is 36.0 Å². The Morgan fingerprint density at radius 2 is 0.744 bits per heavy atom. The maximum absolute atomic E-state index is 2.52. The van der Waals surface area contributed by atoms with E-state index >= 15 is 0 Å². The molecular weight excluding hydrogens is 476 g/mol. The summed E-state index contributed by atoms with van der Waals surface area (Å²) < 4.78 is 4.56. The molecule has 0 unspecified atom stereocenters. The zero-order valence-corrected chi connectivity index (χ0v) is 23.2. The lowest BCUT2D eigenvalue weighted by Crippen LogP contribution is -2.35. The van der Waals surface area contributed by atoms with Gasteiger partial charge in [-0.2, -0.15) is 0 Å². The molecule has 4 heterocycles. The van der Waals surface area contributed by atoms with Crippen molar-refractivity contribution >= 4 is 11.4 Å². The molecule has 2 fully saturated rings. The molecule has 0 bridgehead atoms. The van der Waals surface area contributed by atoms with E-state index in [4.69, 9.17) is 0 Å². The zero-order valence-electron chi connectivity index (χ0n) is 23.2. The number of hydrogen-bond acceptors (Lipinski definition) is 2. The van der Waals surface area contributed by atoms with Crippen LogP contribution in [-0.2, 0) is 19.5 Å². The van der Waals surface area contributed by atoms with Crippen molar-refractivity contribution in [3.05, 3.63) is 120 Å². The van der Waals surface area contributed by atoms with Gasteiger partial charge in [0.1, 0.15) is 0 Å². The number of rotatable bonds is 8. The number of anilines is 2. The van der Waals surface area contributed by atoms with Crippen LogP contribution in [0.4, 0.5) is 11.4 Å². The summed E-state index contributed by atoms with van der Waals surface area (Å²) in [5, 5.41) is 0. The Kier molecular flexibility index (Phi) is 8.18.